The smallest absolute Gasteiger partial charge is 0.313 e. The van der Waals surface area contributed by atoms with E-state index in [9.17, 15) is 14.7 Å². The molecule has 1 aromatic carbocycles. The van der Waals surface area contributed by atoms with Crippen molar-refractivity contribution >= 4 is 51.8 Å². The second-order valence-electron chi connectivity index (χ2n) is 5.34. The molecule has 134 valence electrons. The molecule has 0 spiro atoms. The number of benzene rings is 1. The molecule has 5 nitrogen and oxygen atoms in total. The molecule has 26 heavy (non-hydrogen) atoms. The van der Waals surface area contributed by atoms with Crippen molar-refractivity contribution in [3.8, 4) is 0 Å². The molecule has 0 bridgehead atoms. The number of halogens is 1. The Morgan fingerprint density at radius 1 is 1.04 bits per heavy atom. The minimum atomic E-state index is -0.784. The third-order valence-corrected chi connectivity index (χ3v) is 5.91. The van der Waals surface area contributed by atoms with Gasteiger partial charge in [-0.3, -0.25) is 9.59 Å². The predicted molar refractivity (Wildman–Crippen MR) is 105 cm³/mol. The standard InChI is InChI=1S/C18H15ClN2O3S2/c19-12-4-1-2-5-13(12)21-18(24)17(23)20-10-11-7-8-15(26-11)16(22)14-6-3-9-25-14/h1-9,16,22H,10H2,(H,20,23)(H,21,24)/t16-/m0/s1. The predicted octanol–water partition coefficient (Wildman–Crippen LogP) is 3.80. The molecule has 0 saturated carbocycles. The number of thiophene rings is 2. The molecule has 0 saturated heterocycles. The highest BCUT2D eigenvalue weighted by molar-refractivity contribution is 7.12. The number of hydrogen-bond donors (Lipinski definition) is 3. The fraction of sp³-hybridized carbons (Fsp3) is 0.111. The summed E-state index contributed by atoms with van der Waals surface area (Å²) in [6, 6.07) is 14.1. The van der Waals surface area contributed by atoms with Crippen molar-refractivity contribution in [3.63, 3.8) is 0 Å². The van der Waals surface area contributed by atoms with Crippen molar-refractivity contribution in [2.75, 3.05) is 5.32 Å². The maximum atomic E-state index is 12.0. The lowest BCUT2D eigenvalue weighted by atomic mass is 10.2. The Bertz CT molecular complexity index is 909. The van der Waals surface area contributed by atoms with E-state index in [2.05, 4.69) is 10.6 Å². The highest BCUT2D eigenvalue weighted by Gasteiger charge is 2.17. The van der Waals surface area contributed by atoms with Crippen LogP contribution < -0.4 is 10.6 Å². The number of aliphatic hydroxyl groups is 1. The van der Waals surface area contributed by atoms with Gasteiger partial charge in [0.05, 0.1) is 17.3 Å². The van der Waals surface area contributed by atoms with Crippen LogP contribution >= 0.6 is 34.3 Å². The van der Waals surface area contributed by atoms with Crippen LogP contribution in [0.5, 0.6) is 0 Å². The molecule has 0 aliphatic rings. The van der Waals surface area contributed by atoms with Gasteiger partial charge in [-0.1, -0.05) is 29.8 Å². The Labute approximate surface area is 163 Å². The van der Waals surface area contributed by atoms with Crippen LogP contribution in [0.3, 0.4) is 0 Å². The summed E-state index contributed by atoms with van der Waals surface area (Å²) in [6.45, 7) is 0.205. The van der Waals surface area contributed by atoms with Gasteiger partial charge in [0.15, 0.2) is 0 Å². The van der Waals surface area contributed by atoms with Crippen LogP contribution in [0, 0.1) is 0 Å². The molecule has 3 rings (SSSR count). The number of nitrogens with one attached hydrogen (secondary N) is 2. The Balaban J connectivity index is 1.55. The van der Waals surface area contributed by atoms with E-state index in [-0.39, 0.29) is 6.54 Å². The van der Waals surface area contributed by atoms with Crippen LogP contribution in [0.2, 0.25) is 5.02 Å². The lowest BCUT2D eigenvalue weighted by Gasteiger charge is -2.07. The summed E-state index contributed by atoms with van der Waals surface area (Å²) in [6.07, 6.45) is -0.673. The van der Waals surface area contributed by atoms with Crippen LogP contribution in [0.1, 0.15) is 20.7 Å². The Hall–Kier alpha value is -2.19. The number of carbonyl (C=O) groups excluding carboxylic acids is 2. The van der Waals surface area contributed by atoms with Crippen molar-refractivity contribution in [1.29, 1.82) is 0 Å². The topological polar surface area (TPSA) is 78.4 Å². The van der Waals surface area contributed by atoms with E-state index < -0.39 is 17.9 Å². The molecule has 0 aliphatic heterocycles. The molecule has 3 aromatic rings. The van der Waals surface area contributed by atoms with E-state index in [4.69, 9.17) is 11.6 Å². The van der Waals surface area contributed by atoms with Gasteiger partial charge in [-0.25, -0.2) is 0 Å². The Morgan fingerprint density at radius 2 is 1.85 bits per heavy atom. The molecule has 3 N–H and O–H groups in total. The van der Waals surface area contributed by atoms with Gasteiger partial charge in [0.25, 0.3) is 0 Å². The van der Waals surface area contributed by atoms with Crippen molar-refractivity contribution < 1.29 is 14.7 Å². The second-order valence-corrected chi connectivity index (χ2v) is 7.93. The first kappa shape index (κ1) is 18.6. The molecule has 0 aliphatic carbocycles. The van der Waals surface area contributed by atoms with Gasteiger partial charge in [-0.2, -0.15) is 0 Å². The van der Waals surface area contributed by atoms with E-state index in [1.165, 1.54) is 22.7 Å². The molecule has 0 unspecified atom stereocenters. The van der Waals surface area contributed by atoms with Crippen LogP contribution in [-0.4, -0.2) is 16.9 Å². The quantitative estimate of drug-likeness (QED) is 0.564. The van der Waals surface area contributed by atoms with Gasteiger partial charge in [0.2, 0.25) is 0 Å². The molecule has 2 amide bonds. The largest absolute Gasteiger partial charge is 0.382 e. The van der Waals surface area contributed by atoms with Gasteiger partial charge in [0.1, 0.15) is 6.10 Å². The van der Waals surface area contributed by atoms with Crippen molar-refractivity contribution in [2.24, 2.45) is 0 Å². The summed E-state index contributed by atoms with van der Waals surface area (Å²) in [5, 5.41) is 17.6. The van der Waals surface area contributed by atoms with Crippen LogP contribution in [-0.2, 0) is 16.1 Å². The maximum absolute atomic E-state index is 12.0. The van der Waals surface area contributed by atoms with E-state index in [0.717, 1.165) is 14.6 Å². The zero-order chi connectivity index (χ0) is 18.5. The minimum absolute atomic E-state index is 0.205. The van der Waals surface area contributed by atoms with Gasteiger partial charge in [-0.05, 0) is 35.7 Å². The number of para-hydroxylation sites is 1. The van der Waals surface area contributed by atoms with E-state index in [1.807, 2.05) is 29.6 Å². The highest BCUT2D eigenvalue weighted by Crippen LogP contribution is 2.30. The fourth-order valence-corrected chi connectivity index (χ4v) is 4.16. The average Bonchev–Trinajstić information content (AvgIpc) is 3.33. The number of amides is 2. The summed E-state index contributed by atoms with van der Waals surface area (Å²) in [7, 11) is 0. The number of anilines is 1. The Kier molecular flexibility index (Phi) is 6.05. The number of hydrogen-bond acceptors (Lipinski definition) is 5. The Morgan fingerprint density at radius 3 is 2.58 bits per heavy atom. The summed E-state index contributed by atoms with van der Waals surface area (Å²) < 4.78 is 0. The van der Waals surface area contributed by atoms with Crippen LogP contribution in [0.4, 0.5) is 5.69 Å². The van der Waals surface area contributed by atoms with Gasteiger partial charge >= 0.3 is 11.8 Å². The third kappa shape index (κ3) is 4.50. The first-order valence-corrected chi connectivity index (χ1v) is 9.76. The third-order valence-electron chi connectivity index (χ3n) is 3.52. The van der Waals surface area contributed by atoms with Gasteiger partial charge in [0, 0.05) is 14.6 Å². The SMILES string of the molecule is O=C(NCc1ccc([C@@H](O)c2cccs2)s1)C(=O)Nc1ccccc1Cl. The lowest BCUT2D eigenvalue weighted by molar-refractivity contribution is -0.136. The number of aliphatic hydroxyl groups excluding tert-OH is 1. The molecule has 0 fully saturated rings. The zero-order valence-corrected chi connectivity index (χ0v) is 15.8. The highest BCUT2D eigenvalue weighted by atomic mass is 35.5. The lowest BCUT2D eigenvalue weighted by Crippen LogP contribution is -2.34. The molecule has 2 heterocycles. The first-order chi connectivity index (χ1) is 12.5. The molecule has 0 radical (unpaired) electrons. The normalized spacial score (nSPS) is 11.8. The summed E-state index contributed by atoms with van der Waals surface area (Å²) in [4.78, 5) is 26.4. The summed E-state index contributed by atoms with van der Waals surface area (Å²) in [5.41, 5.74) is 0.381. The number of carbonyl (C=O) groups is 2. The number of rotatable bonds is 5. The van der Waals surface area contributed by atoms with Gasteiger partial charge in [-0.15, -0.1) is 22.7 Å². The monoisotopic (exact) mass is 406 g/mol. The van der Waals surface area contributed by atoms with Crippen molar-refractivity contribution in [3.05, 3.63) is 73.6 Å². The van der Waals surface area contributed by atoms with E-state index in [0.29, 0.717) is 10.7 Å². The second kappa shape index (κ2) is 8.46. The van der Waals surface area contributed by atoms with Crippen molar-refractivity contribution in [2.45, 2.75) is 12.6 Å². The molecular weight excluding hydrogens is 392 g/mol. The minimum Gasteiger partial charge on any atom is -0.382 e. The molecular formula is C18H15ClN2O3S2. The van der Waals surface area contributed by atoms with E-state index in [1.54, 1.807) is 24.3 Å². The summed E-state index contributed by atoms with van der Waals surface area (Å²) >= 11 is 8.82. The first-order valence-electron chi connectivity index (χ1n) is 7.68. The van der Waals surface area contributed by atoms with Crippen LogP contribution in [0.15, 0.2) is 53.9 Å². The molecule has 1 atom stereocenters. The van der Waals surface area contributed by atoms with Gasteiger partial charge < -0.3 is 15.7 Å². The fourth-order valence-electron chi connectivity index (χ4n) is 2.21. The van der Waals surface area contributed by atoms with E-state index >= 15 is 0 Å². The zero-order valence-electron chi connectivity index (χ0n) is 13.4. The van der Waals surface area contributed by atoms with Crippen LogP contribution in [0.25, 0.3) is 0 Å². The summed E-state index contributed by atoms with van der Waals surface area (Å²) in [5.74, 6) is -1.54. The molecule has 8 heteroatoms. The maximum Gasteiger partial charge on any atom is 0.313 e. The average molecular weight is 407 g/mol. The van der Waals surface area contributed by atoms with Crippen molar-refractivity contribution in [1.82, 2.24) is 5.32 Å². The molecule has 2 aromatic heterocycles.